The topological polar surface area (TPSA) is 45.2 Å². The second-order valence-electron chi connectivity index (χ2n) is 4.22. The monoisotopic (exact) mass is 226 g/mol. The summed E-state index contributed by atoms with van der Waals surface area (Å²) in [5.41, 5.74) is 0. The van der Waals surface area contributed by atoms with Gasteiger partial charge in [0.2, 0.25) is 0 Å². The van der Waals surface area contributed by atoms with Crippen molar-refractivity contribution in [3.05, 3.63) is 16.1 Å². The number of thiazole rings is 1. The van der Waals surface area contributed by atoms with E-state index in [4.69, 9.17) is 0 Å². The van der Waals surface area contributed by atoms with Crippen molar-refractivity contribution in [1.29, 1.82) is 0 Å². The van der Waals surface area contributed by atoms with Crippen molar-refractivity contribution < 1.29 is 5.11 Å². The molecule has 0 saturated carbocycles. The molecule has 84 valence electrons. The maximum Gasteiger partial charge on any atom is 0.110 e. The zero-order valence-corrected chi connectivity index (χ0v) is 9.89. The van der Waals surface area contributed by atoms with Crippen LogP contribution in [-0.4, -0.2) is 22.7 Å². The van der Waals surface area contributed by atoms with Crippen LogP contribution in [0.2, 0.25) is 0 Å². The summed E-state index contributed by atoms with van der Waals surface area (Å²) < 4.78 is 0. The smallest absolute Gasteiger partial charge is 0.110 e. The predicted octanol–water partition coefficient (Wildman–Crippen LogP) is 1.88. The fraction of sp³-hybridized carbons (Fsp3) is 0.727. The third-order valence-corrected chi connectivity index (χ3v) is 3.81. The number of hydrogen-bond acceptors (Lipinski definition) is 4. The van der Waals surface area contributed by atoms with Crippen molar-refractivity contribution in [1.82, 2.24) is 10.3 Å². The predicted molar refractivity (Wildman–Crippen MR) is 62.1 cm³/mol. The van der Waals surface area contributed by atoms with Crippen LogP contribution in [0.3, 0.4) is 0 Å². The molecular weight excluding hydrogens is 208 g/mol. The number of nitrogens with zero attached hydrogens (tertiary/aromatic N) is 1. The Labute approximate surface area is 94.5 Å². The molecule has 2 N–H and O–H groups in total. The molecule has 2 unspecified atom stereocenters. The first kappa shape index (κ1) is 11.0. The van der Waals surface area contributed by atoms with Gasteiger partial charge in [-0.15, -0.1) is 11.3 Å². The fourth-order valence-corrected chi connectivity index (χ4v) is 3.08. The van der Waals surface area contributed by atoms with Crippen molar-refractivity contribution in [2.75, 3.05) is 6.54 Å². The lowest BCUT2D eigenvalue weighted by atomic mass is 10.1. The van der Waals surface area contributed by atoms with E-state index in [2.05, 4.69) is 10.3 Å². The minimum Gasteiger partial charge on any atom is -0.393 e. The average molecular weight is 226 g/mol. The van der Waals surface area contributed by atoms with Crippen molar-refractivity contribution in [2.45, 2.75) is 44.8 Å². The largest absolute Gasteiger partial charge is 0.393 e. The molecular formula is C11H18N2OS. The minimum absolute atomic E-state index is 0.266. The van der Waals surface area contributed by atoms with E-state index in [9.17, 15) is 5.11 Å². The van der Waals surface area contributed by atoms with Crippen LogP contribution in [-0.2, 0) is 6.42 Å². The Balaban J connectivity index is 1.99. The lowest BCUT2D eigenvalue weighted by molar-refractivity contribution is 0.196. The molecule has 0 aliphatic carbocycles. The highest BCUT2D eigenvalue weighted by molar-refractivity contribution is 7.11. The van der Waals surface area contributed by atoms with Gasteiger partial charge < -0.3 is 10.4 Å². The summed E-state index contributed by atoms with van der Waals surface area (Å²) in [5, 5.41) is 14.0. The average Bonchev–Trinajstić information content (AvgIpc) is 2.67. The number of nitrogens with one attached hydrogen (secondary N) is 1. The van der Waals surface area contributed by atoms with Crippen molar-refractivity contribution in [2.24, 2.45) is 0 Å². The molecule has 4 heteroatoms. The highest BCUT2D eigenvalue weighted by atomic mass is 32.1. The van der Waals surface area contributed by atoms with Crippen LogP contribution < -0.4 is 5.32 Å². The van der Waals surface area contributed by atoms with Gasteiger partial charge in [0, 0.05) is 17.5 Å². The molecule has 1 aliphatic heterocycles. The Hall–Kier alpha value is -0.450. The standard InChI is InChI=1S/C11H18N2OS/c1-8(14)6-9-7-13-11(15-9)10-4-2-3-5-12-10/h7-8,10,12,14H,2-6H2,1H3. The van der Waals surface area contributed by atoms with Gasteiger partial charge in [0.05, 0.1) is 12.1 Å². The fourth-order valence-electron chi connectivity index (χ4n) is 1.93. The second kappa shape index (κ2) is 5.05. The summed E-state index contributed by atoms with van der Waals surface area (Å²) in [6.07, 6.45) is 6.14. The molecule has 3 nitrogen and oxygen atoms in total. The van der Waals surface area contributed by atoms with Crippen LogP contribution in [0.15, 0.2) is 6.20 Å². The number of rotatable bonds is 3. The molecule has 1 aromatic heterocycles. The van der Waals surface area contributed by atoms with Crippen LogP contribution in [0, 0.1) is 0 Å². The van der Waals surface area contributed by atoms with E-state index in [0.717, 1.165) is 13.0 Å². The van der Waals surface area contributed by atoms with Gasteiger partial charge in [-0.1, -0.05) is 6.42 Å². The van der Waals surface area contributed by atoms with Gasteiger partial charge in [-0.05, 0) is 26.3 Å². The molecule has 2 atom stereocenters. The maximum absolute atomic E-state index is 9.29. The van der Waals surface area contributed by atoms with Crippen molar-refractivity contribution in [3.8, 4) is 0 Å². The van der Waals surface area contributed by atoms with Gasteiger partial charge in [0.1, 0.15) is 5.01 Å². The molecule has 1 aromatic rings. The number of aliphatic hydroxyl groups excluding tert-OH is 1. The number of aliphatic hydroxyl groups is 1. The Bertz CT molecular complexity index is 305. The van der Waals surface area contributed by atoms with Crippen LogP contribution in [0.25, 0.3) is 0 Å². The molecule has 1 saturated heterocycles. The van der Waals surface area contributed by atoms with Crippen LogP contribution >= 0.6 is 11.3 Å². The molecule has 2 rings (SSSR count). The van der Waals surface area contributed by atoms with E-state index < -0.39 is 0 Å². The van der Waals surface area contributed by atoms with E-state index in [1.807, 2.05) is 13.1 Å². The Morgan fingerprint density at radius 1 is 1.67 bits per heavy atom. The molecule has 1 fully saturated rings. The highest BCUT2D eigenvalue weighted by Gasteiger charge is 2.18. The lowest BCUT2D eigenvalue weighted by Crippen LogP contribution is -2.26. The summed E-state index contributed by atoms with van der Waals surface area (Å²) >= 11 is 1.73. The van der Waals surface area contributed by atoms with Gasteiger partial charge in [-0.25, -0.2) is 4.98 Å². The maximum atomic E-state index is 9.29. The zero-order valence-electron chi connectivity index (χ0n) is 9.07. The van der Waals surface area contributed by atoms with Crippen LogP contribution in [0.1, 0.15) is 42.1 Å². The highest BCUT2D eigenvalue weighted by Crippen LogP contribution is 2.27. The van der Waals surface area contributed by atoms with Gasteiger partial charge in [0.25, 0.3) is 0 Å². The summed E-state index contributed by atoms with van der Waals surface area (Å²) in [6, 6.07) is 0.450. The molecule has 0 radical (unpaired) electrons. The minimum atomic E-state index is -0.266. The number of aromatic nitrogens is 1. The Morgan fingerprint density at radius 3 is 3.20 bits per heavy atom. The van der Waals surface area contributed by atoms with E-state index in [1.54, 1.807) is 11.3 Å². The number of hydrogen-bond donors (Lipinski definition) is 2. The quantitative estimate of drug-likeness (QED) is 0.827. The first-order valence-corrected chi connectivity index (χ1v) is 6.43. The summed E-state index contributed by atoms with van der Waals surface area (Å²) in [4.78, 5) is 5.63. The van der Waals surface area contributed by atoms with Gasteiger partial charge in [0.15, 0.2) is 0 Å². The van der Waals surface area contributed by atoms with E-state index in [0.29, 0.717) is 6.04 Å². The third-order valence-electron chi connectivity index (χ3n) is 2.68. The van der Waals surface area contributed by atoms with Crippen LogP contribution in [0.4, 0.5) is 0 Å². The summed E-state index contributed by atoms with van der Waals surface area (Å²) in [7, 11) is 0. The van der Waals surface area contributed by atoms with Crippen LogP contribution in [0.5, 0.6) is 0 Å². The SMILES string of the molecule is CC(O)Cc1cnc(C2CCCCN2)s1. The van der Waals surface area contributed by atoms with E-state index in [1.165, 1.54) is 29.1 Å². The van der Waals surface area contributed by atoms with Gasteiger partial charge in [-0.3, -0.25) is 0 Å². The first-order chi connectivity index (χ1) is 7.25. The Kier molecular flexibility index (Phi) is 3.72. The zero-order chi connectivity index (χ0) is 10.7. The molecule has 0 amide bonds. The molecule has 0 aromatic carbocycles. The van der Waals surface area contributed by atoms with Gasteiger partial charge in [-0.2, -0.15) is 0 Å². The molecule has 15 heavy (non-hydrogen) atoms. The van der Waals surface area contributed by atoms with Crippen molar-refractivity contribution >= 4 is 11.3 Å². The molecule has 0 bridgehead atoms. The number of piperidine rings is 1. The third kappa shape index (κ3) is 3.00. The van der Waals surface area contributed by atoms with Gasteiger partial charge >= 0.3 is 0 Å². The molecule has 1 aliphatic rings. The summed E-state index contributed by atoms with van der Waals surface area (Å²) in [5.74, 6) is 0. The lowest BCUT2D eigenvalue weighted by Gasteiger charge is -2.21. The normalized spacial score (nSPS) is 24.0. The summed E-state index contributed by atoms with van der Waals surface area (Å²) in [6.45, 7) is 2.92. The Morgan fingerprint density at radius 2 is 2.53 bits per heavy atom. The second-order valence-corrected chi connectivity index (χ2v) is 5.37. The van der Waals surface area contributed by atoms with E-state index in [-0.39, 0.29) is 6.10 Å². The van der Waals surface area contributed by atoms with Crippen molar-refractivity contribution in [3.63, 3.8) is 0 Å². The first-order valence-electron chi connectivity index (χ1n) is 5.62. The molecule has 2 heterocycles. The molecule has 0 spiro atoms. The van der Waals surface area contributed by atoms with E-state index >= 15 is 0 Å².